The first-order valence-electron chi connectivity index (χ1n) is 8.88. The first-order chi connectivity index (χ1) is 12.6. The number of rotatable bonds is 3. The Hall–Kier alpha value is -3.08. The molecule has 1 amide bonds. The third-order valence-corrected chi connectivity index (χ3v) is 5.03. The van der Waals surface area contributed by atoms with Crippen LogP contribution in [0.25, 0.3) is 5.69 Å². The van der Waals surface area contributed by atoms with Gasteiger partial charge in [-0.2, -0.15) is 0 Å². The van der Waals surface area contributed by atoms with Crippen molar-refractivity contribution < 1.29 is 4.79 Å². The molecule has 1 aromatic heterocycles. The molecule has 1 atom stereocenters. The lowest BCUT2D eigenvalue weighted by atomic mass is 10.0. The number of hydrogen-bond acceptors (Lipinski definition) is 2. The zero-order valence-corrected chi connectivity index (χ0v) is 14.7. The predicted octanol–water partition coefficient (Wildman–Crippen LogP) is 3.45. The third-order valence-electron chi connectivity index (χ3n) is 5.03. The maximum atomic E-state index is 13.0. The van der Waals surface area contributed by atoms with Crippen LogP contribution in [0.4, 0.5) is 0 Å². The fourth-order valence-corrected chi connectivity index (χ4v) is 3.73. The molecule has 1 N–H and O–H groups in total. The number of imidazole rings is 1. The van der Waals surface area contributed by atoms with Crippen LogP contribution in [-0.4, -0.2) is 26.9 Å². The summed E-state index contributed by atoms with van der Waals surface area (Å²) in [6.45, 7) is 2.64. The van der Waals surface area contributed by atoms with Crippen molar-refractivity contribution in [1.82, 2.24) is 14.5 Å². The second-order valence-corrected chi connectivity index (χ2v) is 6.68. The Morgan fingerprint density at radius 3 is 2.46 bits per heavy atom. The maximum Gasteiger partial charge on any atom is 0.330 e. The molecule has 2 heterocycles. The summed E-state index contributed by atoms with van der Waals surface area (Å²) in [6, 6.07) is 17.6. The van der Waals surface area contributed by atoms with E-state index in [1.165, 1.54) is 5.56 Å². The van der Waals surface area contributed by atoms with Crippen LogP contribution in [0.15, 0.2) is 65.6 Å². The summed E-state index contributed by atoms with van der Waals surface area (Å²) in [4.78, 5) is 29.5. The van der Waals surface area contributed by atoms with Crippen LogP contribution < -0.4 is 5.69 Å². The van der Waals surface area contributed by atoms with Crippen molar-refractivity contribution in [3.8, 4) is 5.69 Å². The molecule has 2 aromatic carbocycles. The molecule has 0 radical (unpaired) electrons. The van der Waals surface area contributed by atoms with E-state index >= 15 is 0 Å². The average molecular weight is 347 g/mol. The second kappa shape index (κ2) is 6.67. The van der Waals surface area contributed by atoms with E-state index in [1.54, 1.807) is 22.9 Å². The van der Waals surface area contributed by atoms with Gasteiger partial charge in [0.25, 0.3) is 5.91 Å². The quantitative estimate of drug-likeness (QED) is 0.789. The van der Waals surface area contributed by atoms with E-state index < -0.39 is 0 Å². The molecule has 1 fully saturated rings. The molecule has 0 spiro atoms. The number of aryl methyl sites for hydroxylation is 1. The molecular formula is C21H21N3O2. The van der Waals surface area contributed by atoms with E-state index in [0.29, 0.717) is 5.56 Å². The summed E-state index contributed by atoms with van der Waals surface area (Å²) in [6.07, 6.45) is 3.68. The van der Waals surface area contributed by atoms with E-state index in [0.717, 1.165) is 30.8 Å². The monoisotopic (exact) mass is 347 g/mol. The van der Waals surface area contributed by atoms with Crippen molar-refractivity contribution >= 4 is 5.91 Å². The Morgan fingerprint density at radius 1 is 1.08 bits per heavy atom. The predicted molar refractivity (Wildman–Crippen MR) is 101 cm³/mol. The highest BCUT2D eigenvalue weighted by atomic mass is 16.2. The number of likely N-dealkylation sites (tertiary alicyclic amines) is 1. The van der Waals surface area contributed by atoms with Gasteiger partial charge in [-0.3, -0.25) is 9.36 Å². The number of aromatic nitrogens is 2. The van der Waals surface area contributed by atoms with Crippen molar-refractivity contribution in [2.24, 2.45) is 0 Å². The van der Waals surface area contributed by atoms with Crippen LogP contribution in [0.5, 0.6) is 0 Å². The summed E-state index contributed by atoms with van der Waals surface area (Å²) >= 11 is 0. The van der Waals surface area contributed by atoms with Crippen LogP contribution in [0, 0.1) is 6.92 Å². The number of carbonyl (C=O) groups excluding carboxylic acids is 1. The molecule has 1 aliphatic rings. The Bertz CT molecular complexity index is 970. The molecule has 0 bridgehead atoms. The zero-order valence-electron chi connectivity index (χ0n) is 14.7. The first-order valence-corrected chi connectivity index (χ1v) is 8.88. The van der Waals surface area contributed by atoms with Gasteiger partial charge in [-0.1, -0.05) is 30.3 Å². The number of carbonyl (C=O) groups is 1. The van der Waals surface area contributed by atoms with E-state index in [4.69, 9.17) is 0 Å². The van der Waals surface area contributed by atoms with Crippen molar-refractivity contribution in [2.75, 3.05) is 6.54 Å². The van der Waals surface area contributed by atoms with Crippen molar-refractivity contribution in [3.63, 3.8) is 0 Å². The summed E-state index contributed by atoms with van der Waals surface area (Å²) in [7, 11) is 0. The molecule has 5 nitrogen and oxygen atoms in total. The Labute approximate surface area is 151 Å². The van der Waals surface area contributed by atoms with E-state index in [2.05, 4.69) is 17.1 Å². The molecular weight excluding hydrogens is 326 g/mol. The molecule has 3 aromatic rings. The van der Waals surface area contributed by atoms with Crippen molar-refractivity contribution in [2.45, 2.75) is 25.8 Å². The molecule has 0 unspecified atom stereocenters. The van der Waals surface area contributed by atoms with Gasteiger partial charge in [0.15, 0.2) is 0 Å². The largest absolute Gasteiger partial charge is 0.332 e. The molecule has 26 heavy (non-hydrogen) atoms. The highest BCUT2D eigenvalue weighted by Crippen LogP contribution is 2.33. The normalized spacial score (nSPS) is 16.8. The van der Waals surface area contributed by atoms with Crippen LogP contribution in [-0.2, 0) is 0 Å². The van der Waals surface area contributed by atoms with E-state index in [9.17, 15) is 9.59 Å². The van der Waals surface area contributed by atoms with Gasteiger partial charge in [0.1, 0.15) is 0 Å². The summed E-state index contributed by atoms with van der Waals surface area (Å²) in [5.74, 6) is 0.0426. The third kappa shape index (κ3) is 2.86. The maximum absolute atomic E-state index is 13.0. The molecule has 0 aliphatic carbocycles. The topological polar surface area (TPSA) is 58.1 Å². The summed E-state index contributed by atoms with van der Waals surface area (Å²) in [5.41, 5.74) is 3.25. The van der Waals surface area contributed by atoms with Crippen LogP contribution in [0.2, 0.25) is 0 Å². The molecule has 132 valence electrons. The highest BCUT2D eigenvalue weighted by molar-refractivity contribution is 5.94. The molecule has 1 saturated heterocycles. The van der Waals surface area contributed by atoms with Gasteiger partial charge in [-0.05, 0) is 49.6 Å². The Morgan fingerprint density at radius 2 is 1.81 bits per heavy atom. The minimum atomic E-state index is -0.176. The van der Waals surface area contributed by atoms with Gasteiger partial charge < -0.3 is 9.88 Å². The minimum absolute atomic E-state index is 0.0426. The lowest BCUT2D eigenvalue weighted by molar-refractivity contribution is 0.0735. The number of nitrogens with one attached hydrogen (secondary N) is 1. The Kier molecular flexibility index (Phi) is 4.21. The highest BCUT2D eigenvalue weighted by Gasteiger charge is 2.30. The van der Waals surface area contributed by atoms with E-state index in [1.807, 2.05) is 42.2 Å². The van der Waals surface area contributed by atoms with Gasteiger partial charge in [0.2, 0.25) is 0 Å². The lowest BCUT2D eigenvalue weighted by Gasteiger charge is -2.25. The van der Waals surface area contributed by atoms with Crippen molar-refractivity contribution in [3.05, 3.63) is 88.1 Å². The van der Waals surface area contributed by atoms with Gasteiger partial charge in [-0.25, -0.2) is 4.79 Å². The van der Waals surface area contributed by atoms with Crippen LogP contribution in [0.3, 0.4) is 0 Å². The number of nitrogens with zero attached hydrogens (tertiary/aromatic N) is 2. The fraction of sp³-hybridized carbons (Fsp3) is 0.238. The number of H-pyrrole nitrogens is 1. The summed E-state index contributed by atoms with van der Waals surface area (Å²) in [5, 5.41) is 0. The smallest absolute Gasteiger partial charge is 0.330 e. The fourth-order valence-electron chi connectivity index (χ4n) is 3.73. The Balaban J connectivity index is 1.59. The van der Waals surface area contributed by atoms with Crippen LogP contribution >= 0.6 is 0 Å². The SMILES string of the molecule is Cc1c[nH]c(=O)n1-c1ccc(C(=O)N2CCC[C@@H]2c2ccccc2)cc1. The molecule has 5 heteroatoms. The van der Waals surface area contributed by atoms with E-state index in [-0.39, 0.29) is 17.6 Å². The zero-order chi connectivity index (χ0) is 18.1. The van der Waals surface area contributed by atoms with Crippen LogP contribution in [0.1, 0.15) is 40.5 Å². The van der Waals surface area contributed by atoms with Crippen molar-refractivity contribution in [1.29, 1.82) is 0 Å². The minimum Gasteiger partial charge on any atom is -0.332 e. The number of hydrogen-bond donors (Lipinski definition) is 1. The lowest BCUT2D eigenvalue weighted by Crippen LogP contribution is -2.30. The molecule has 0 saturated carbocycles. The molecule has 1 aliphatic heterocycles. The first kappa shape index (κ1) is 16.4. The standard InChI is InChI=1S/C21H21N3O2/c1-15-14-22-21(26)24(15)18-11-9-17(10-12-18)20(25)23-13-5-8-19(23)16-6-3-2-4-7-16/h2-4,6-7,9-12,14,19H,5,8,13H2,1H3,(H,22,26)/t19-/m1/s1. The van der Waals surface area contributed by atoms with Gasteiger partial charge in [0.05, 0.1) is 11.7 Å². The molecule has 4 rings (SSSR count). The number of benzene rings is 2. The van der Waals surface area contributed by atoms with Gasteiger partial charge in [0, 0.05) is 24.0 Å². The summed E-state index contributed by atoms with van der Waals surface area (Å²) < 4.78 is 1.59. The van der Waals surface area contributed by atoms with Gasteiger partial charge in [-0.15, -0.1) is 0 Å². The van der Waals surface area contributed by atoms with Gasteiger partial charge >= 0.3 is 5.69 Å². The average Bonchev–Trinajstić information content (AvgIpc) is 3.29. The number of amides is 1. The second-order valence-electron chi connectivity index (χ2n) is 6.68. The number of aromatic amines is 1.